The maximum absolute atomic E-state index is 3.44. The van der Waals surface area contributed by atoms with Crippen LogP contribution in [0.15, 0.2) is 35.2 Å². The van der Waals surface area contributed by atoms with Crippen molar-refractivity contribution in [3.05, 3.63) is 30.3 Å². The Morgan fingerprint density at radius 3 is 2.76 bits per heavy atom. The number of nitrogens with zero attached hydrogens (tertiary/aromatic N) is 1. The fraction of sp³-hybridized carbons (Fsp3) is 0.538. The van der Waals surface area contributed by atoms with Gasteiger partial charge in [-0.2, -0.15) is 0 Å². The zero-order valence-electron chi connectivity index (χ0n) is 10.1. The summed E-state index contributed by atoms with van der Waals surface area (Å²) in [6.07, 6.45) is 1.29. The van der Waals surface area contributed by atoms with E-state index >= 15 is 0 Å². The van der Waals surface area contributed by atoms with Crippen LogP contribution in [0.4, 0.5) is 0 Å². The van der Waals surface area contributed by atoms with E-state index < -0.39 is 0 Å². The van der Waals surface area contributed by atoms with Crippen LogP contribution in [0.1, 0.15) is 6.42 Å². The van der Waals surface area contributed by atoms with Gasteiger partial charge in [0.25, 0.3) is 0 Å². The molecule has 1 heterocycles. The summed E-state index contributed by atoms with van der Waals surface area (Å²) >= 11 is 1.96. The van der Waals surface area contributed by atoms with Gasteiger partial charge in [-0.1, -0.05) is 18.2 Å². The Kier molecular flexibility index (Phi) is 7.69. The molecule has 17 heavy (non-hydrogen) atoms. The van der Waals surface area contributed by atoms with Gasteiger partial charge in [0.15, 0.2) is 0 Å². The molecule has 0 amide bonds. The summed E-state index contributed by atoms with van der Waals surface area (Å²) in [4.78, 5) is 3.95. The van der Waals surface area contributed by atoms with Crippen LogP contribution in [-0.2, 0) is 0 Å². The summed E-state index contributed by atoms with van der Waals surface area (Å²) in [5.41, 5.74) is 0. The van der Waals surface area contributed by atoms with Crippen molar-refractivity contribution in [3.63, 3.8) is 0 Å². The number of benzene rings is 1. The highest BCUT2D eigenvalue weighted by Gasteiger charge is 2.07. The first kappa shape index (κ1) is 14.8. The maximum atomic E-state index is 3.44. The molecule has 1 aromatic rings. The van der Waals surface area contributed by atoms with E-state index in [9.17, 15) is 0 Å². The van der Waals surface area contributed by atoms with E-state index in [1.807, 2.05) is 11.8 Å². The minimum absolute atomic E-state index is 0. The number of hydrogen-bond acceptors (Lipinski definition) is 3. The summed E-state index contributed by atoms with van der Waals surface area (Å²) in [5.74, 6) is 1.20. The van der Waals surface area contributed by atoms with Crippen molar-refractivity contribution in [2.45, 2.75) is 11.3 Å². The summed E-state index contributed by atoms with van der Waals surface area (Å²) < 4.78 is 0. The Morgan fingerprint density at radius 2 is 1.94 bits per heavy atom. The zero-order chi connectivity index (χ0) is 11.1. The van der Waals surface area contributed by atoms with Crippen molar-refractivity contribution in [1.29, 1.82) is 0 Å². The molecule has 1 saturated heterocycles. The second kappa shape index (κ2) is 8.81. The molecular weight excluding hydrogens is 252 g/mol. The molecule has 0 radical (unpaired) electrons. The third-order valence-corrected chi connectivity index (χ3v) is 3.84. The molecule has 0 spiro atoms. The molecule has 0 saturated carbocycles. The van der Waals surface area contributed by atoms with Crippen LogP contribution in [0.5, 0.6) is 0 Å². The third kappa shape index (κ3) is 5.77. The third-order valence-electron chi connectivity index (χ3n) is 2.85. The van der Waals surface area contributed by atoms with Crippen LogP contribution in [-0.4, -0.2) is 43.4 Å². The van der Waals surface area contributed by atoms with E-state index in [1.54, 1.807) is 0 Å². The van der Waals surface area contributed by atoms with Crippen LogP contribution >= 0.6 is 24.2 Å². The van der Waals surface area contributed by atoms with E-state index in [-0.39, 0.29) is 12.4 Å². The average Bonchev–Trinajstić information content (AvgIpc) is 2.59. The van der Waals surface area contributed by atoms with Crippen LogP contribution in [0, 0.1) is 0 Å². The van der Waals surface area contributed by atoms with E-state index in [4.69, 9.17) is 0 Å². The Hall–Kier alpha value is -0.220. The van der Waals surface area contributed by atoms with Gasteiger partial charge in [0.1, 0.15) is 0 Å². The lowest BCUT2D eigenvalue weighted by Gasteiger charge is -2.18. The van der Waals surface area contributed by atoms with Crippen LogP contribution in [0.3, 0.4) is 0 Å². The molecule has 0 aliphatic carbocycles. The molecule has 0 atom stereocenters. The van der Waals surface area contributed by atoms with E-state index in [2.05, 4.69) is 40.5 Å². The lowest BCUT2D eigenvalue weighted by atomic mass is 10.4. The average molecular weight is 273 g/mol. The smallest absolute Gasteiger partial charge is 0.0108 e. The highest BCUT2D eigenvalue weighted by atomic mass is 35.5. The van der Waals surface area contributed by atoms with E-state index in [0.29, 0.717) is 0 Å². The van der Waals surface area contributed by atoms with Gasteiger partial charge in [-0.3, -0.25) is 0 Å². The summed E-state index contributed by atoms with van der Waals surface area (Å²) in [6.45, 7) is 6.00. The van der Waals surface area contributed by atoms with Crippen molar-refractivity contribution in [2.24, 2.45) is 0 Å². The first-order valence-corrected chi connectivity index (χ1v) is 7.04. The molecule has 1 aromatic carbocycles. The topological polar surface area (TPSA) is 15.3 Å². The lowest BCUT2D eigenvalue weighted by Crippen LogP contribution is -2.30. The normalized spacial score (nSPS) is 17.2. The van der Waals surface area contributed by atoms with Gasteiger partial charge in [0, 0.05) is 30.3 Å². The van der Waals surface area contributed by atoms with Crippen molar-refractivity contribution < 1.29 is 0 Å². The molecule has 1 N–H and O–H groups in total. The minimum Gasteiger partial charge on any atom is -0.315 e. The second-order valence-corrected chi connectivity index (χ2v) is 5.28. The van der Waals surface area contributed by atoms with Crippen molar-refractivity contribution >= 4 is 24.2 Å². The SMILES string of the molecule is Cl.c1ccc(SCCN2CCCNCC2)cc1. The zero-order valence-corrected chi connectivity index (χ0v) is 11.7. The summed E-state index contributed by atoms with van der Waals surface area (Å²) in [6, 6.07) is 10.7. The minimum atomic E-state index is 0. The Morgan fingerprint density at radius 1 is 1.12 bits per heavy atom. The highest BCUT2D eigenvalue weighted by molar-refractivity contribution is 7.99. The van der Waals surface area contributed by atoms with Crippen LogP contribution in [0.25, 0.3) is 0 Å². The first-order valence-electron chi connectivity index (χ1n) is 6.06. The molecule has 1 aliphatic heterocycles. The first-order chi connectivity index (χ1) is 7.95. The fourth-order valence-electron chi connectivity index (χ4n) is 1.93. The summed E-state index contributed by atoms with van der Waals surface area (Å²) in [7, 11) is 0. The molecule has 1 fully saturated rings. The molecule has 0 bridgehead atoms. The Labute approximate surface area is 115 Å². The summed E-state index contributed by atoms with van der Waals surface area (Å²) in [5, 5.41) is 3.44. The quantitative estimate of drug-likeness (QED) is 0.848. The predicted molar refractivity (Wildman–Crippen MR) is 78.3 cm³/mol. The van der Waals surface area contributed by atoms with Crippen molar-refractivity contribution in [3.8, 4) is 0 Å². The molecule has 0 unspecified atom stereocenters. The van der Waals surface area contributed by atoms with Gasteiger partial charge in [-0.15, -0.1) is 24.2 Å². The molecule has 2 nitrogen and oxygen atoms in total. The predicted octanol–water partition coefficient (Wildman–Crippen LogP) is 2.50. The van der Waals surface area contributed by atoms with E-state index in [1.165, 1.54) is 43.2 Å². The maximum Gasteiger partial charge on any atom is 0.0108 e. The van der Waals surface area contributed by atoms with Crippen molar-refractivity contribution in [1.82, 2.24) is 10.2 Å². The lowest BCUT2D eigenvalue weighted by molar-refractivity contribution is 0.311. The van der Waals surface area contributed by atoms with Gasteiger partial charge in [-0.05, 0) is 31.6 Å². The number of nitrogens with one attached hydrogen (secondary N) is 1. The number of hydrogen-bond donors (Lipinski definition) is 1. The molecule has 1 aliphatic rings. The largest absolute Gasteiger partial charge is 0.315 e. The monoisotopic (exact) mass is 272 g/mol. The second-order valence-electron chi connectivity index (χ2n) is 4.11. The Balaban J connectivity index is 0.00000144. The van der Waals surface area contributed by atoms with Crippen molar-refractivity contribution in [2.75, 3.05) is 38.5 Å². The van der Waals surface area contributed by atoms with E-state index in [0.717, 1.165) is 6.54 Å². The number of rotatable bonds is 4. The molecule has 96 valence electrons. The molecular formula is C13H21ClN2S. The number of thioether (sulfide) groups is 1. The van der Waals surface area contributed by atoms with Crippen LogP contribution < -0.4 is 5.32 Å². The standard InChI is InChI=1S/C13H20N2S.ClH/c1-2-5-13(6-3-1)16-12-11-15-9-4-7-14-8-10-15;/h1-3,5-6,14H,4,7-12H2;1H. The van der Waals surface area contributed by atoms with Gasteiger partial charge < -0.3 is 10.2 Å². The van der Waals surface area contributed by atoms with Crippen LogP contribution in [0.2, 0.25) is 0 Å². The van der Waals surface area contributed by atoms with Gasteiger partial charge in [0.2, 0.25) is 0 Å². The molecule has 4 heteroatoms. The Bertz CT molecular complexity index is 287. The number of halogens is 1. The van der Waals surface area contributed by atoms with Gasteiger partial charge in [0.05, 0.1) is 0 Å². The molecule has 2 rings (SSSR count). The van der Waals surface area contributed by atoms with Gasteiger partial charge in [-0.25, -0.2) is 0 Å². The highest BCUT2D eigenvalue weighted by Crippen LogP contribution is 2.16. The fourth-order valence-corrected chi connectivity index (χ4v) is 2.87. The van der Waals surface area contributed by atoms with Gasteiger partial charge >= 0.3 is 0 Å². The molecule has 0 aromatic heterocycles.